The van der Waals surface area contributed by atoms with Crippen molar-refractivity contribution >= 4 is 11.0 Å². The van der Waals surface area contributed by atoms with E-state index >= 15 is 0 Å². The van der Waals surface area contributed by atoms with Crippen LogP contribution < -0.4 is 10.1 Å². The van der Waals surface area contributed by atoms with E-state index in [1.165, 1.54) is 0 Å². The number of hydrogen-bond donors (Lipinski definition) is 1. The smallest absolute Gasteiger partial charge is 0.147 e. The average Bonchev–Trinajstić information content (AvgIpc) is 3.17. The van der Waals surface area contributed by atoms with Gasteiger partial charge in [-0.1, -0.05) is 0 Å². The number of ether oxygens (including phenoxy) is 2. The van der Waals surface area contributed by atoms with Crippen LogP contribution in [0.1, 0.15) is 27.7 Å². The van der Waals surface area contributed by atoms with E-state index in [1.807, 2.05) is 0 Å². The molecule has 0 amide bonds. The van der Waals surface area contributed by atoms with E-state index in [9.17, 15) is 0 Å². The Morgan fingerprint density at radius 3 is 2.75 bits per heavy atom. The largest absolute Gasteiger partial charge is 0.488 e. The summed E-state index contributed by atoms with van der Waals surface area (Å²) in [6.45, 7) is 10.8. The minimum Gasteiger partial charge on any atom is -0.488 e. The summed E-state index contributed by atoms with van der Waals surface area (Å²) in [7, 11) is 0. The van der Waals surface area contributed by atoms with Crippen LogP contribution in [0, 0.1) is 0 Å². The Morgan fingerprint density at radius 2 is 2.00 bits per heavy atom. The quantitative estimate of drug-likeness (QED) is 0.749. The van der Waals surface area contributed by atoms with Crippen molar-refractivity contribution in [3.8, 4) is 16.9 Å². The zero-order chi connectivity index (χ0) is 19.7. The fourth-order valence-electron chi connectivity index (χ4n) is 3.46. The van der Waals surface area contributed by atoms with Gasteiger partial charge in [-0.15, -0.1) is 0 Å². The molecule has 0 unspecified atom stereocenters. The summed E-state index contributed by atoms with van der Waals surface area (Å²) < 4.78 is 14.3. The van der Waals surface area contributed by atoms with Crippen molar-refractivity contribution in [1.29, 1.82) is 0 Å². The third-order valence-corrected chi connectivity index (χ3v) is 4.99. The van der Waals surface area contributed by atoms with Gasteiger partial charge in [-0.25, -0.2) is 4.98 Å². The van der Waals surface area contributed by atoms with Crippen molar-refractivity contribution in [2.75, 3.05) is 19.7 Å². The predicted molar refractivity (Wildman–Crippen MR) is 111 cm³/mol. The van der Waals surface area contributed by atoms with E-state index in [0.29, 0.717) is 6.61 Å². The highest BCUT2D eigenvalue weighted by Gasteiger charge is 2.20. The molecule has 1 aliphatic rings. The van der Waals surface area contributed by atoms with Gasteiger partial charge in [0.25, 0.3) is 0 Å². The zero-order valence-corrected chi connectivity index (χ0v) is 17.0. The van der Waals surface area contributed by atoms with Crippen LogP contribution in [-0.2, 0) is 10.3 Å². The van der Waals surface area contributed by atoms with Gasteiger partial charge in [-0.2, -0.15) is 0 Å². The molecule has 1 aliphatic heterocycles. The highest BCUT2D eigenvalue weighted by atomic mass is 16.5. The minimum atomic E-state index is 0.0288. The second kappa shape index (κ2) is 7.53. The lowest BCUT2D eigenvalue weighted by molar-refractivity contribution is -0.0468. The number of fused-ring (bicyclic) bond motifs is 1. The van der Waals surface area contributed by atoms with E-state index in [1.54, 1.807) is 12.4 Å². The lowest BCUT2D eigenvalue weighted by Gasteiger charge is -2.28. The molecule has 28 heavy (non-hydrogen) atoms. The molecule has 0 radical (unpaired) electrons. The van der Waals surface area contributed by atoms with Gasteiger partial charge < -0.3 is 19.4 Å². The summed E-state index contributed by atoms with van der Waals surface area (Å²) in [5, 5.41) is 3.38. The minimum absolute atomic E-state index is 0.0288. The Morgan fingerprint density at radius 1 is 1.18 bits per heavy atom. The highest BCUT2D eigenvalue weighted by Crippen LogP contribution is 2.32. The summed E-state index contributed by atoms with van der Waals surface area (Å²) in [6.07, 6.45) is 7.91. The van der Waals surface area contributed by atoms with Crippen LogP contribution in [0.5, 0.6) is 5.75 Å². The Balaban J connectivity index is 1.64. The zero-order valence-electron chi connectivity index (χ0n) is 17.0. The number of nitrogens with zero attached hydrogens (tertiary/aromatic N) is 3. The van der Waals surface area contributed by atoms with Gasteiger partial charge in [0.1, 0.15) is 24.0 Å². The average molecular weight is 380 g/mol. The first-order chi connectivity index (χ1) is 13.4. The van der Waals surface area contributed by atoms with Crippen LogP contribution in [0.15, 0.2) is 43.0 Å². The number of morpholine rings is 1. The Hall–Kier alpha value is -2.44. The Bertz CT molecular complexity index is 961. The maximum absolute atomic E-state index is 6.17. The molecule has 6 heteroatoms. The molecule has 2 atom stereocenters. The molecule has 0 spiro atoms. The van der Waals surface area contributed by atoms with Crippen molar-refractivity contribution < 1.29 is 9.47 Å². The molecule has 0 saturated carbocycles. The topological polar surface area (TPSA) is 61.2 Å². The van der Waals surface area contributed by atoms with Crippen molar-refractivity contribution in [2.24, 2.45) is 0 Å². The van der Waals surface area contributed by atoms with Crippen molar-refractivity contribution in [3.05, 3.63) is 43.0 Å². The Labute approximate surface area is 165 Å². The van der Waals surface area contributed by atoms with Crippen molar-refractivity contribution in [2.45, 2.75) is 45.4 Å². The molecule has 6 nitrogen and oxygen atoms in total. The van der Waals surface area contributed by atoms with Crippen LogP contribution in [0.3, 0.4) is 0 Å². The predicted octanol–water partition coefficient (Wildman–Crippen LogP) is 3.61. The third-order valence-electron chi connectivity index (χ3n) is 4.99. The molecule has 3 heterocycles. The monoisotopic (exact) mass is 380 g/mol. The van der Waals surface area contributed by atoms with Gasteiger partial charge in [-0.05, 0) is 57.0 Å². The lowest BCUT2D eigenvalue weighted by Crippen LogP contribution is -2.45. The standard InChI is InChI=1S/C22H28N4O2/c1-15-11-23-12-18(28-15)14-27-20-10-17(9-19-21(20)25-7-6-24-19)16-5-8-26(13-16)22(2,3)4/h5-10,13,15,18,23H,11-12,14H2,1-4H3/t15-,18+/m1/s1. The van der Waals surface area contributed by atoms with E-state index in [-0.39, 0.29) is 17.7 Å². The molecule has 148 valence electrons. The molecule has 3 aromatic rings. The van der Waals surface area contributed by atoms with E-state index in [4.69, 9.17) is 9.47 Å². The van der Waals surface area contributed by atoms with Crippen molar-refractivity contribution in [1.82, 2.24) is 19.9 Å². The van der Waals surface area contributed by atoms with Crippen LogP contribution in [0.2, 0.25) is 0 Å². The number of aromatic nitrogens is 3. The fraction of sp³-hybridized carbons (Fsp3) is 0.455. The molecule has 1 N–H and O–H groups in total. The Kier molecular flexibility index (Phi) is 5.08. The molecule has 1 fully saturated rings. The van der Waals surface area contributed by atoms with Gasteiger partial charge in [0, 0.05) is 43.4 Å². The molecule has 0 bridgehead atoms. The van der Waals surface area contributed by atoms with Gasteiger partial charge in [0.15, 0.2) is 0 Å². The number of nitrogens with one attached hydrogen (secondary N) is 1. The molecule has 0 aliphatic carbocycles. The third kappa shape index (κ3) is 4.03. The summed E-state index contributed by atoms with van der Waals surface area (Å²) in [5.74, 6) is 0.742. The first kappa shape index (κ1) is 18.9. The van der Waals surface area contributed by atoms with Crippen LogP contribution in [-0.4, -0.2) is 46.4 Å². The van der Waals surface area contributed by atoms with E-state index in [2.05, 4.69) is 78.1 Å². The summed E-state index contributed by atoms with van der Waals surface area (Å²) in [6, 6.07) is 6.25. The second-order valence-corrected chi connectivity index (χ2v) is 8.41. The van der Waals surface area contributed by atoms with E-state index in [0.717, 1.165) is 41.0 Å². The SMILES string of the molecule is C[C@@H]1CNC[C@@H](COc2cc(-c3ccn(C(C)(C)C)c3)cc3nccnc23)O1. The van der Waals surface area contributed by atoms with E-state index < -0.39 is 0 Å². The van der Waals surface area contributed by atoms with Gasteiger partial charge in [-0.3, -0.25) is 4.98 Å². The van der Waals surface area contributed by atoms with Gasteiger partial charge in [0.2, 0.25) is 0 Å². The van der Waals surface area contributed by atoms with Crippen LogP contribution in [0.25, 0.3) is 22.2 Å². The van der Waals surface area contributed by atoms with Gasteiger partial charge in [0.05, 0.1) is 11.6 Å². The second-order valence-electron chi connectivity index (χ2n) is 8.41. The molecule has 1 saturated heterocycles. The number of rotatable bonds is 4. The summed E-state index contributed by atoms with van der Waals surface area (Å²) >= 11 is 0. The first-order valence-electron chi connectivity index (χ1n) is 9.83. The molecular formula is C22H28N4O2. The number of benzene rings is 1. The van der Waals surface area contributed by atoms with Crippen LogP contribution in [0.4, 0.5) is 0 Å². The molecule has 2 aromatic heterocycles. The molecule has 1 aromatic carbocycles. The molecular weight excluding hydrogens is 352 g/mol. The maximum atomic E-state index is 6.17. The van der Waals surface area contributed by atoms with Crippen molar-refractivity contribution in [3.63, 3.8) is 0 Å². The first-order valence-corrected chi connectivity index (χ1v) is 9.83. The number of hydrogen-bond acceptors (Lipinski definition) is 5. The van der Waals surface area contributed by atoms with Gasteiger partial charge >= 0.3 is 0 Å². The maximum Gasteiger partial charge on any atom is 0.147 e. The fourth-order valence-corrected chi connectivity index (χ4v) is 3.46. The summed E-state index contributed by atoms with van der Waals surface area (Å²) in [4.78, 5) is 8.99. The van der Waals surface area contributed by atoms with Crippen LogP contribution >= 0.6 is 0 Å². The highest BCUT2D eigenvalue weighted by molar-refractivity contribution is 5.86. The lowest BCUT2D eigenvalue weighted by atomic mass is 10.1. The molecule has 4 rings (SSSR count). The normalized spacial score (nSPS) is 20.4. The summed E-state index contributed by atoms with van der Waals surface area (Å²) in [5.41, 5.74) is 3.85.